The highest BCUT2D eigenvalue weighted by atomic mass is 35.5. The Balaban J connectivity index is 1.43. The maximum atomic E-state index is 13.1. The van der Waals surface area contributed by atoms with Gasteiger partial charge in [-0.1, -0.05) is 78.3 Å². The van der Waals surface area contributed by atoms with E-state index in [0.717, 1.165) is 22.5 Å². The van der Waals surface area contributed by atoms with Crippen LogP contribution in [0.5, 0.6) is 0 Å². The smallest absolute Gasteiger partial charge is 0.243 e. The first-order chi connectivity index (χ1) is 16.0. The topological polar surface area (TPSA) is 55.2 Å². The molecule has 4 aromatic rings. The van der Waals surface area contributed by atoms with Crippen molar-refractivity contribution in [1.29, 1.82) is 0 Å². The van der Waals surface area contributed by atoms with Crippen molar-refractivity contribution in [2.75, 3.05) is 13.1 Å². The minimum Gasteiger partial charge on any atom is -0.261 e. The molecule has 0 spiro atoms. The third kappa shape index (κ3) is 4.47. The Hall–Kier alpha value is -2.93. The summed E-state index contributed by atoms with van der Waals surface area (Å²) in [5, 5.41) is 5.39. The van der Waals surface area contributed by atoms with Crippen LogP contribution in [0.15, 0.2) is 95.9 Å². The Morgan fingerprint density at radius 1 is 0.788 bits per heavy atom. The van der Waals surface area contributed by atoms with E-state index in [-0.39, 0.29) is 10.9 Å². The van der Waals surface area contributed by atoms with Gasteiger partial charge < -0.3 is 0 Å². The minimum atomic E-state index is -3.57. The quantitative estimate of drug-likeness (QED) is 0.359. The molecule has 1 aliphatic rings. The average Bonchev–Trinajstić information content (AvgIpc) is 3.31. The molecule has 0 radical (unpaired) electrons. The lowest BCUT2D eigenvalue weighted by atomic mass is 10.1. The van der Waals surface area contributed by atoms with Crippen molar-refractivity contribution in [3.8, 4) is 22.5 Å². The van der Waals surface area contributed by atoms with Gasteiger partial charge in [-0.2, -0.15) is 9.40 Å². The predicted molar refractivity (Wildman–Crippen MR) is 132 cm³/mol. The minimum absolute atomic E-state index is 0.114. The van der Waals surface area contributed by atoms with Crippen LogP contribution >= 0.6 is 11.6 Å². The molecule has 0 aliphatic carbocycles. The Morgan fingerprint density at radius 3 is 2.06 bits per heavy atom. The summed E-state index contributed by atoms with van der Waals surface area (Å²) in [6, 6.07) is 29.0. The van der Waals surface area contributed by atoms with E-state index in [2.05, 4.69) is 35.0 Å². The molecule has 1 aliphatic heterocycles. The fourth-order valence-electron chi connectivity index (χ4n) is 4.35. The number of sulfonamides is 1. The summed E-state index contributed by atoms with van der Waals surface area (Å²) < 4.78 is 29.8. The first kappa shape index (κ1) is 21.9. The number of hydrogen-bond acceptors (Lipinski definition) is 3. The molecular weight excluding hydrogens is 454 g/mol. The summed E-state index contributed by atoms with van der Waals surface area (Å²) in [5.74, 6) is 0. The van der Waals surface area contributed by atoms with E-state index in [1.807, 2.05) is 36.4 Å². The summed E-state index contributed by atoms with van der Waals surface area (Å²) in [6.07, 6.45) is 1.38. The lowest BCUT2D eigenvalue weighted by Crippen LogP contribution is -2.39. The molecule has 0 saturated carbocycles. The molecule has 168 valence electrons. The standard InChI is InChI=1S/C26H24ClN3O2S/c27-22-12-7-13-24(18-22)33(31,32)29-16-14-23(15-17-29)30-26(21-10-5-2-6-11-21)19-25(28-30)20-8-3-1-4-9-20/h1-13,18-19,23H,14-17H2. The molecule has 2 heterocycles. The summed E-state index contributed by atoms with van der Waals surface area (Å²) >= 11 is 6.03. The third-order valence-electron chi connectivity index (χ3n) is 6.08. The van der Waals surface area contributed by atoms with E-state index in [4.69, 9.17) is 16.7 Å². The van der Waals surface area contributed by atoms with Crippen LogP contribution in [0.25, 0.3) is 22.5 Å². The predicted octanol–water partition coefficient (Wildman–Crippen LogP) is 5.90. The molecule has 1 fully saturated rings. The van der Waals surface area contributed by atoms with Crippen molar-refractivity contribution in [2.24, 2.45) is 0 Å². The molecule has 33 heavy (non-hydrogen) atoms. The van der Waals surface area contributed by atoms with Crippen LogP contribution in [0.1, 0.15) is 18.9 Å². The fourth-order valence-corrected chi connectivity index (χ4v) is 6.12. The molecule has 0 unspecified atom stereocenters. The Kier molecular flexibility index (Phi) is 6.06. The van der Waals surface area contributed by atoms with Crippen LogP contribution in [0, 0.1) is 0 Å². The van der Waals surface area contributed by atoms with Crippen molar-refractivity contribution >= 4 is 21.6 Å². The largest absolute Gasteiger partial charge is 0.261 e. The number of aromatic nitrogens is 2. The molecule has 3 aromatic carbocycles. The van der Waals surface area contributed by atoms with E-state index in [1.54, 1.807) is 22.5 Å². The lowest BCUT2D eigenvalue weighted by Gasteiger charge is -2.32. The molecule has 5 rings (SSSR count). The van der Waals surface area contributed by atoms with Crippen molar-refractivity contribution in [3.05, 3.63) is 96.0 Å². The first-order valence-electron chi connectivity index (χ1n) is 11.0. The van der Waals surface area contributed by atoms with Gasteiger partial charge in [0.25, 0.3) is 0 Å². The number of benzene rings is 3. The molecule has 0 amide bonds. The maximum Gasteiger partial charge on any atom is 0.243 e. The van der Waals surface area contributed by atoms with E-state index >= 15 is 0 Å². The number of rotatable bonds is 5. The fraction of sp³-hybridized carbons (Fsp3) is 0.192. The van der Waals surface area contributed by atoms with Crippen LogP contribution in [0.4, 0.5) is 0 Å². The van der Waals surface area contributed by atoms with E-state index < -0.39 is 10.0 Å². The van der Waals surface area contributed by atoms with Crippen LogP contribution in [-0.4, -0.2) is 35.6 Å². The van der Waals surface area contributed by atoms with Crippen molar-refractivity contribution < 1.29 is 8.42 Å². The van der Waals surface area contributed by atoms with Gasteiger partial charge in [-0.15, -0.1) is 0 Å². The molecule has 7 heteroatoms. The zero-order valence-electron chi connectivity index (χ0n) is 18.0. The lowest BCUT2D eigenvalue weighted by molar-refractivity contribution is 0.263. The first-order valence-corrected chi connectivity index (χ1v) is 12.8. The SMILES string of the molecule is O=S(=O)(c1cccc(Cl)c1)N1CCC(n2nc(-c3ccccc3)cc2-c2ccccc2)CC1. The molecule has 0 bridgehead atoms. The zero-order valence-corrected chi connectivity index (χ0v) is 19.6. The monoisotopic (exact) mass is 477 g/mol. The number of piperidine rings is 1. The van der Waals surface area contributed by atoms with E-state index in [0.29, 0.717) is 31.0 Å². The second-order valence-corrected chi connectivity index (χ2v) is 10.6. The van der Waals surface area contributed by atoms with E-state index in [9.17, 15) is 8.42 Å². The van der Waals surface area contributed by atoms with Gasteiger partial charge in [-0.05, 0) is 42.7 Å². The normalized spacial score (nSPS) is 15.5. The number of nitrogens with zero attached hydrogens (tertiary/aromatic N) is 3. The molecule has 5 nitrogen and oxygen atoms in total. The summed E-state index contributed by atoms with van der Waals surface area (Å²) in [7, 11) is -3.57. The third-order valence-corrected chi connectivity index (χ3v) is 8.21. The van der Waals surface area contributed by atoms with Gasteiger partial charge in [0.2, 0.25) is 10.0 Å². The zero-order chi connectivity index (χ0) is 22.8. The summed E-state index contributed by atoms with van der Waals surface area (Å²) in [5.41, 5.74) is 4.13. The molecule has 1 saturated heterocycles. The van der Waals surface area contributed by atoms with Crippen LogP contribution in [-0.2, 0) is 10.0 Å². The maximum absolute atomic E-state index is 13.1. The van der Waals surface area contributed by atoms with Gasteiger partial charge in [0, 0.05) is 23.7 Å². The molecule has 0 atom stereocenters. The summed E-state index contributed by atoms with van der Waals surface area (Å²) in [6.45, 7) is 0.878. The number of hydrogen-bond donors (Lipinski definition) is 0. The second-order valence-electron chi connectivity index (χ2n) is 8.18. The van der Waals surface area contributed by atoms with Crippen molar-refractivity contribution in [2.45, 2.75) is 23.8 Å². The molecular formula is C26H24ClN3O2S. The van der Waals surface area contributed by atoms with Gasteiger partial charge in [0.15, 0.2) is 0 Å². The Morgan fingerprint density at radius 2 is 1.42 bits per heavy atom. The highest BCUT2D eigenvalue weighted by molar-refractivity contribution is 7.89. The second kappa shape index (κ2) is 9.14. The molecule has 1 aromatic heterocycles. The van der Waals surface area contributed by atoms with Gasteiger partial charge in [0.1, 0.15) is 0 Å². The van der Waals surface area contributed by atoms with Crippen LogP contribution in [0.3, 0.4) is 0 Å². The van der Waals surface area contributed by atoms with Gasteiger partial charge in [-0.25, -0.2) is 8.42 Å². The summed E-state index contributed by atoms with van der Waals surface area (Å²) in [4.78, 5) is 0.240. The Bertz CT molecular complexity index is 1350. The van der Waals surface area contributed by atoms with Crippen LogP contribution < -0.4 is 0 Å². The molecule has 0 N–H and O–H groups in total. The van der Waals surface area contributed by atoms with Gasteiger partial charge in [0.05, 0.1) is 22.3 Å². The van der Waals surface area contributed by atoms with E-state index in [1.165, 1.54) is 6.07 Å². The average molecular weight is 478 g/mol. The highest BCUT2D eigenvalue weighted by Gasteiger charge is 2.31. The van der Waals surface area contributed by atoms with Gasteiger partial charge in [-0.3, -0.25) is 4.68 Å². The van der Waals surface area contributed by atoms with Crippen molar-refractivity contribution in [3.63, 3.8) is 0 Å². The van der Waals surface area contributed by atoms with Gasteiger partial charge >= 0.3 is 0 Å². The number of halogens is 1. The Labute approximate surface area is 199 Å². The van der Waals surface area contributed by atoms with Crippen LogP contribution in [0.2, 0.25) is 5.02 Å². The highest BCUT2D eigenvalue weighted by Crippen LogP contribution is 2.33. The van der Waals surface area contributed by atoms with Crippen molar-refractivity contribution in [1.82, 2.24) is 14.1 Å².